The highest BCUT2D eigenvalue weighted by atomic mass is 19.3. The molecule has 4 aromatic rings. The first-order chi connectivity index (χ1) is 18.0. The molecule has 1 amide bonds. The van der Waals surface area contributed by atoms with Gasteiger partial charge in [0.1, 0.15) is 23.5 Å². The van der Waals surface area contributed by atoms with Crippen LogP contribution in [0.15, 0.2) is 71.8 Å². The highest BCUT2D eigenvalue weighted by Gasteiger charge is 2.37. The van der Waals surface area contributed by atoms with Gasteiger partial charge in [-0.3, -0.25) is 9.59 Å². The third kappa shape index (κ3) is 5.42. The lowest BCUT2D eigenvalue weighted by molar-refractivity contribution is -0.145. The van der Waals surface area contributed by atoms with Crippen molar-refractivity contribution in [1.82, 2.24) is 19.7 Å². The molecule has 0 fully saturated rings. The molecular formula is C28H27F2N5O3. The summed E-state index contributed by atoms with van der Waals surface area (Å²) in [6.45, 7) is 4.22. The Balaban J connectivity index is 1.71. The third-order valence-corrected chi connectivity index (χ3v) is 6.21. The van der Waals surface area contributed by atoms with Crippen molar-refractivity contribution in [2.45, 2.75) is 38.8 Å². The van der Waals surface area contributed by atoms with Gasteiger partial charge in [0.05, 0.1) is 23.4 Å². The summed E-state index contributed by atoms with van der Waals surface area (Å²) in [5.41, 5.74) is 1.56. The Hall–Kier alpha value is -4.52. The van der Waals surface area contributed by atoms with Crippen LogP contribution in [0.25, 0.3) is 16.6 Å². The number of nitriles is 1. The predicted molar refractivity (Wildman–Crippen MR) is 138 cm³/mol. The molecule has 2 aromatic heterocycles. The fraction of sp³-hybridized carbons (Fsp3) is 0.286. The van der Waals surface area contributed by atoms with Crippen LogP contribution >= 0.6 is 0 Å². The van der Waals surface area contributed by atoms with Gasteiger partial charge in [0.15, 0.2) is 0 Å². The number of carbonyl (C=O) groups is 1. The minimum atomic E-state index is -3.53. The van der Waals surface area contributed by atoms with E-state index in [0.717, 1.165) is 5.56 Å². The van der Waals surface area contributed by atoms with Gasteiger partial charge < -0.3 is 14.6 Å². The number of amides is 1. The molecule has 8 nitrogen and oxygen atoms in total. The average Bonchev–Trinajstić information content (AvgIpc) is 3.30. The van der Waals surface area contributed by atoms with Gasteiger partial charge in [0, 0.05) is 25.6 Å². The maximum absolute atomic E-state index is 13.7. The molecule has 196 valence electrons. The first-order valence-electron chi connectivity index (χ1n) is 12.0. The topological polar surface area (TPSA) is 102 Å². The maximum atomic E-state index is 13.7. The van der Waals surface area contributed by atoms with E-state index in [1.807, 2.05) is 50.2 Å². The average molecular weight is 520 g/mol. The summed E-state index contributed by atoms with van der Waals surface area (Å²) in [4.78, 5) is 24.3. The molecule has 2 aromatic carbocycles. The molecule has 0 aliphatic carbocycles. The minimum Gasteiger partial charge on any atom is -0.484 e. The van der Waals surface area contributed by atoms with Crippen molar-refractivity contribution < 1.29 is 18.3 Å². The Bertz CT molecular complexity index is 1570. The van der Waals surface area contributed by atoms with E-state index in [-0.39, 0.29) is 11.5 Å². The first kappa shape index (κ1) is 26.5. The normalized spacial score (nSPS) is 13.2. The first-order valence-corrected chi connectivity index (χ1v) is 12.0. The third-order valence-electron chi connectivity index (χ3n) is 6.21. The fourth-order valence-electron chi connectivity index (χ4n) is 4.19. The summed E-state index contributed by atoms with van der Waals surface area (Å²) in [5, 5.41) is 16.9. The van der Waals surface area contributed by atoms with Crippen LogP contribution < -0.4 is 15.6 Å². The Morgan fingerprint density at radius 1 is 1.16 bits per heavy atom. The number of carbonyl (C=O) groups excluding carboxylic acids is 1. The van der Waals surface area contributed by atoms with Gasteiger partial charge >= 0.3 is 5.92 Å². The van der Waals surface area contributed by atoms with Crippen molar-refractivity contribution in [2.24, 2.45) is 13.0 Å². The lowest BCUT2D eigenvalue weighted by Gasteiger charge is -2.32. The number of pyridine rings is 1. The van der Waals surface area contributed by atoms with Crippen LogP contribution in [0.4, 0.5) is 8.78 Å². The second-order valence-corrected chi connectivity index (χ2v) is 9.50. The number of fused-ring (bicyclic) bond motifs is 1. The van der Waals surface area contributed by atoms with Gasteiger partial charge in [-0.2, -0.15) is 19.1 Å². The molecule has 10 heteroatoms. The molecule has 0 spiro atoms. The monoisotopic (exact) mass is 519 g/mol. The van der Waals surface area contributed by atoms with Crippen molar-refractivity contribution in [3.8, 4) is 17.5 Å². The van der Waals surface area contributed by atoms with Gasteiger partial charge in [-0.05, 0) is 35.7 Å². The largest absolute Gasteiger partial charge is 0.484 e. The number of hydrogen-bond donors (Lipinski definition) is 1. The van der Waals surface area contributed by atoms with Crippen LogP contribution in [0.1, 0.15) is 38.0 Å². The fourth-order valence-corrected chi connectivity index (χ4v) is 4.19. The Morgan fingerprint density at radius 2 is 1.87 bits per heavy atom. The van der Waals surface area contributed by atoms with Crippen molar-refractivity contribution in [1.29, 1.82) is 5.26 Å². The molecule has 0 saturated heterocycles. The zero-order valence-corrected chi connectivity index (χ0v) is 21.4. The van der Waals surface area contributed by atoms with Crippen LogP contribution in [0.5, 0.6) is 5.75 Å². The van der Waals surface area contributed by atoms with Gasteiger partial charge in [0.25, 0.3) is 11.5 Å². The van der Waals surface area contributed by atoms with Gasteiger partial charge in [-0.1, -0.05) is 44.2 Å². The molecule has 1 N–H and O–H groups in total. The molecule has 0 bridgehead atoms. The van der Waals surface area contributed by atoms with Crippen LogP contribution in [0.2, 0.25) is 0 Å². The summed E-state index contributed by atoms with van der Waals surface area (Å²) < 4.78 is 36.8. The number of rotatable bonds is 8. The molecule has 0 unspecified atom stereocenters. The Morgan fingerprint density at radius 3 is 2.50 bits per heavy atom. The standard InChI is InChI=1S/C28H27F2N5O3/c1-17(2)24(33-27(37)28(3,29)30)25(18-8-6-5-7-9-18)38-22-10-11-23-20(13-22)15-32-35(23)21-12-19(14-31)26(36)34(4)16-21/h5-13,15-17,24-25H,1-4H3,(H,33,37)/t24-,25+/m0/s1. The zero-order valence-electron chi connectivity index (χ0n) is 21.4. The van der Waals surface area contributed by atoms with Gasteiger partial charge in [-0.15, -0.1) is 0 Å². The van der Waals surface area contributed by atoms with E-state index in [9.17, 15) is 23.6 Å². The molecule has 2 heterocycles. The lowest BCUT2D eigenvalue weighted by Crippen LogP contribution is -2.49. The van der Waals surface area contributed by atoms with E-state index in [1.54, 1.807) is 42.3 Å². The highest BCUT2D eigenvalue weighted by molar-refractivity contribution is 5.83. The number of halogens is 2. The van der Waals surface area contributed by atoms with Crippen LogP contribution in [0, 0.1) is 17.2 Å². The van der Waals surface area contributed by atoms with Crippen molar-refractivity contribution >= 4 is 16.8 Å². The summed E-state index contributed by atoms with van der Waals surface area (Å²) >= 11 is 0. The second-order valence-electron chi connectivity index (χ2n) is 9.50. The molecule has 4 rings (SSSR count). The minimum absolute atomic E-state index is 0.00117. The summed E-state index contributed by atoms with van der Waals surface area (Å²) in [6.07, 6.45) is 2.46. The maximum Gasteiger partial charge on any atom is 0.321 e. The molecule has 0 saturated carbocycles. The molecular weight excluding hydrogens is 492 g/mol. The number of hydrogen-bond acceptors (Lipinski definition) is 5. The van der Waals surface area contributed by atoms with Crippen molar-refractivity contribution in [3.05, 3.63) is 88.5 Å². The van der Waals surface area contributed by atoms with E-state index in [2.05, 4.69) is 10.4 Å². The SMILES string of the molecule is CC(C)[C@H](NC(=O)C(C)(F)F)[C@H](Oc1ccc2c(cnn2-c2cc(C#N)c(=O)n(C)c2)c1)c1ccccc1. The van der Waals surface area contributed by atoms with E-state index in [0.29, 0.717) is 29.3 Å². The van der Waals surface area contributed by atoms with E-state index < -0.39 is 29.5 Å². The number of nitrogens with one attached hydrogen (secondary N) is 1. The molecule has 38 heavy (non-hydrogen) atoms. The van der Waals surface area contributed by atoms with Crippen LogP contribution in [-0.4, -0.2) is 32.2 Å². The Kier molecular flexibility index (Phi) is 7.30. The molecule has 0 aliphatic heterocycles. The smallest absolute Gasteiger partial charge is 0.321 e. The second kappa shape index (κ2) is 10.5. The predicted octanol–water partition coefficient (Wildman–Crippen LogP) is 4.51. The van der Waals surface area contributed by atoms with Gasteiger partial charge in [-0.25, -0.2) is 4.68 Å². The number of ether oxygens (including phenoxy) is 1. The van der Waals surface area contributed by atoms with Gasteiger partial charge in [0.2, 0.25) is 0 Å². The summed E-state index contributed by atoms with van der Waals surface area (Å²) in [6, 6.07) is 17.0. The number of alkyl halides is 2. The van der Waals surface area contributed by atoms with Crippen LogP contribution in [-0.2, 0) is 11.8 Å². The lowest BCUT2D eigenvalue weighted by atomic mass is 9.92. The molecule has 0 radical (unpaired) electrons. The zero-order chi connectivity index (χ0) is 27.6. The van der Waals surface area contributed by atoms with Crippen LogP contribution in [0.3, 0.4) is 0 Å². The Labute approximate surface area is 218 Å². The number of nitrogens with zero attached hydrogens (tertiary/aromatic N) is 4. The van der Waals surface area contributed by atoms with E-state index in [4.69, 9.17) is 4.74 Å². The summed E-state index contributed by atoms with van der Waals surface area (Å²) in [7, 11) is 1.56. The molecule has 2 atom stereocenters. The van der Waals surface area contributed by atoms with Crippen molar-refractivity contribution in [2.75, 3.05) is 0 Å². The number of benzene rings is 2. The summed E-state index contributed by atoms with van der Waals surface area (Å²) in [5.74, 6) is -4.68. The number of aromatic nitrogens is 3. The van der Waals surface area contributed by atoms with Crippen molar-refractivity contribution in [3.63, 3.8) is 0 Å². The molecule has 0 aliphatic rings. The highest BCUT2D eigenvalue weighted by Crippen LogP contribution is 2.31. The number of aryl methyl sites for hydroxylation is 1. The quantitative estimate of drug-likeness (QED) is 0.369. The van der Waals surface area contributed by atoms with E-state index in [1.165, 1.54) is 10.6 Å². The van der Waals surface area contributed by atoms with E-state index >= 15 is 0 Å².